The predicted octanol–water partition coefficient (Wildman–Crippen LogP) is 3.69. The molecule has 0 saturated heterocycles. The van der Waals surface area contributed by atoms with E-state index < -0.39 is 15.8 Å². The Labute approximate surface area is 143 Å². The Morgan fingerprint density at radius 1 is 1.00 bits per heavy atom. The Morgan fingerprint density at radius 2 is 1.68 bits per heavy atom. The van der Waals surface area contributed by atoms with Crippen LogP contribution >= 0.6 is 0 Å². The summed E-state index contributed by atoms with van der Waals surface area (Å²) in [6.45, 7) is 0. The normalized spacial score (nSPS) is 11.7. The van der Waals surface area contributed by atoms with Gasteiger partial charge in [-0.25, -0.2) is 12.8 Å². The third kappa shape index (κ3) is 3.86. The molecule has 0 fully saturated rings. The number of sulfonamides is 1. The van der Waals surface area contributed by atoms with E-state index in [2.05, 4.69) is 9.88 Å². The van der Waals surface area contributed by atoms with Gasteiger partial charge in [-0.1, -0.05) is 5.16 Å². The third-order valence-electron chi connectivity index (χ3n) is 3.36. The van der Waals surface area contributed by atoms with Crippen LogP contribution in [0.5, 0.6) is 0 Å². The highest BCUT2D eigenvalue weighted by molar-refractivity contribution is 7.92. The van der Waals surface area contributed by atoms with Gasteiger partial charge in [-0.2, -0.15) is 0 Å². The van der Waals surface area contributed by atoms with Crippen LogP contribution in [0.25, 0.3) is 11.3 Å². The van der Waals surface area contributed by atoms with Gasteiger partial charge in [0, 0.05) is 11.3 Å². The van der Waals surface area contributed by atoms with Gasteiger partial charge >= 0.3 is 0 Å². The molecule has 128 valence electrons. The summed E-state index contributed by atoms with van der Waals surface area (Å²) in [4.78, 5) is 0.0595. The maximum absolute atomic E-state index is 12.9. The Kier molecular flexibility index (Phi) is 4.53. The lowest BCUT2D eigenvalue weighted by Crippen LogP contribution is -2.12. The number of furan rings is 1. The first kappa shape index (κ1) is 16.7. The number of benzene rings is 2. The van der Waals surface area contributed by atoms with Crippen LogP contribution in [-0.4, -0.2) is 19.8 Å². The maximum atomic E-state index is 12.9. The number of nitrogens with zero attached hydrogens (tertiary/aromatic N) is 1. The molecule has 0 atom stereocenters. The fourth-order valence-electron chi connectivity index (χ4n) is 2.16. The molecule has 3 aromatic rings. The minimum atomic E-state index is -3.79. The Morgan fingerprint density at radius 3 is 2.32 bits per heavy atom. The number of oxime groups is 1. The molecule has 6 nitrogen and oxygen atoms in total. The van der Waals surface area contributed by atoms with Crippen LogP contribution in [0.1, 0.15) is 5.76 Å². The van der Waals surface area contributed by atoms with Crippen molar-refractivity contribution in [2.45, 2.75) is 4.90 Å². The van der Waals surface area contributed by atoms with E-state index in [1.54, 1.807) is 24.3 Å². The van der Waals surface area contributed by atoms with Crippen molar-refractivity contribution in [1.82, 2.24) is 0 Å². The van der Waals surface area contributed by atoms with Crippen molar-refractivity contribution in [2.24, 2.45) is 5.16 Å². The first-order valence-corrected chi connectivity index (χ1v) is 8.62. The smallest absolute Gasteiger partial charge is 0.261 e. The van der Waals surface area contributed by atoms with E-state index in [0.717, 1.165) is 6.21 Å². The van der Waals surface area contributed by atoms with Crippen molar-refractivity contribution in [2.75, 3.05) is 4.72 Å². The SMILES string of the molecule is O=S(=O)(Nc1ccc(F)cc1)c1ccc(-c2ccc(/C=N/O)o2)cc1. The molecular formula is C17H13FN2O4S. The molecular weight excluding hydrogens is 347 g/mol. The van der Waals surface area contributed by atoms with Gasteiger partial charge in [-0.05, 0) is 60.7 Å². The lowest BCUT2D eigenvalue weighted by atomic mass is 10.2. The summed E-state index contributed by atoms with van der Waals surface area (Å²) in [5.41, 5.74) is 0.933. The molecule has 8 heteroatoms. The van der Waals surface area contributed by atoms with E-state index in [1.165, 1.54) is 36.4 Å². The second kappa shape index (κ2) is 6.78. The highest BCUT2D eigenvalue weighted by atomic mass is 32.2. The summed E-state index contributed by atoms with van der Waals surface area (Å²) >= 11 is 0. The van der Waals surface area contributed by atoms with Crippen molar-refractivity contribution in [1.29, 1.82) is 0 Å². The molecule has 0 saturated carbocycles. The van der Waals surface area contributed by atoms with Crippen LogP contribution in [0.2, 0.25) is 0 Å². The van der Waals surface area contributed by atoms with Crippen LogP contribution in [0.3, 0.4) is 0 Å². The molecule has 0 bridgehead atoms. The van der Waals surface area contributed by atoms with Gasteiger partial charge in [-0.3, -0.25) is 4.72 Å². The molecule has 0 radical (unpaired) electrons. The molecule has 0 aliphatic heterocycles. The van der Waals surface area contributed by atoms with Crippen LogP contribution in [0.15, 0.2) is 75.1 Å². The van der Waals surface area contributed by atoms with Crippen LogP contribution in [0, 0.1) is 5.82 Å². The molecule has 2 aromatic carbocycles. The fourth-order valence-corrected chi connectivity index (χ4v) is 3.22. The van der Waals surface area contributed by atoms with Gasteiger partial charge in [0.2, 0.25) is 0 Å². The van der Waals surface area contributed by atoms with Crippen molar-refractivity contribution in [3.63, 3.8) is 0 Å². The van der Waals surface area contributed by atoms with E-state index >= 15 is 0 Å². The van der Waals surface area contributed by atoms with Gasteiger partial charge in [0.1, 0.15) is 23.6 Å². The zero-order chi connectivity index (χ0) is 17.9. The van der Waals surface area contributed by atoms with Gasteiger partial charge in [0.25, 0.3) is 10.0 Å². The molecule has 2 N–H and O–H groups in total. The summed E-state index contributed by atoms with van der Waals surface area (Å²) in [5.74, 6) is 0.425. The first-order valence-electron chi connectivity index (χ1n) is 7.14. The summed E-state index contributed by atoms with van der Waals surface area (Å²) < 4.78 is 45.4. The number of anilines is 1. The van der Waals surface area contributed by atoms with Crippen molar-refractivity contribution >= 4 is 21.9 Å². The van der Waals surface area contributed by atoms with Crippen LogP contribution in [-0.2, 0) is 10.0 Å². The van der Waals surface area contributed by atoms with Gasteiger partial charge in [0.15, 0.2) is 0 Å². The average Bonchev–Trinajstić information content (AvgIpc) is 3.06. The number of nitrogens with one attached hydrogen (secondary N) is 1. The average molecular weight is 360 g/mol. The molecule has 0 aliphatic rings. The van der Waals surface area contributed by atoms with Crippen molar-refractivity contribution in [3.05, 3.63) is 72.2 Å². The fraction of sp³-hybridized carbons (Fsp3) is 0. The van der Waals surface area contributed by atoms with E-state index in [9.17, 15) is 12.8 Å². The van der Waals surface area contributed by atoms with Crippen molar-refractivity contribution in [3.8, 4) is 11.3 Å². The summed E-state index contributed by atoms with van der Waals surface area (Å²) in [5, 5.41) is 11.4. The summed E-state index contributed by atoms with van der Waals surface area (Å²) in [6.07, 6.45) is 1.15. The minimum Gasteiger partial charge on any atom is -0.455 e. The molecule has 0 aliphatic carbocycles. The maximum Gasteiger partial charge on any atom is 0.261 e. The second-order valence-corrected chi connectivity index (χ2v) is 6.77. The summed E-state index contributed by atoms with van der Waals surface area (Å²) in [7, 11) is -3.79. The third-order valence-corrected chi connectivity index (χ3v) is 4.75. The highest BCUT2D eigenvalue weighted by Gasteiger charge is 2.15. The molecule has 0 unspecified atom stereocenters. The van der Waals surface area contributed by atoms with E-state index in [4.69, 9.17) is 9.62 Å². The zero-order valence-corrected chi connectivity index (χ0v) is 13.6. The molecule has 1 aromatic heterocycles. The molecule has 25 heavy (non-hydrogen) atoms. The Hall–Kier alpha value is -3.13. The van der Waals surface area contributed by atoms with Crippen LogP contribution < -0.4 is 4.72 Å². The second-order valence-electron chi connectivity index (χ2n) is 5.08. The van der Waals surface area contributed by atoms with Gasteiger partial charge < -0.3 is 9.62 Å². The first-order chi connectivity index (χ1) is 12.0. The lowest BCUT2D eigenvalue weighted by Gasteiger charge is -2.08. The molecule has 1 heterocycles. The van der Waals surface area contributed by atoms with Crippen molar-refractivity contribution < 1.29 is 22.4 Å². The van der Waals surface area contributed by atoms with Gasteiger partial charge in [0.05, 0.1) is 4.90 Å². The number of rotatable bonds is 5. The zero-order valence-electron chi connectivity index (χ0n) is 12.8. The quantitative estimate of drug-likeness (QED) is 0.412. The molecule has 3 rings (SSSR count). The highest BCUT2D eigenvalue weighted by Crippen LogP contribution is 2.24. The minimum absolute atomic E-state index is 0.0595. The van der Waals surface area contributed by atoms with E-state index in [0.29, 0.717) is 17.1 Å². The Balaban J connectivity index is 1.81. The standard InChI is InChI=1S/C17H13FN2O4S/c18-13-3-5-14(6-4-13)20-25(22,23)16-8-1-12(2-9-16)17-10-7-15(24-17)11-19-21/h1-11,20-21H/b19-11+. The number of halogens is 1. The number of hydrogen-bond donors (Lipinski definition) is 2. The Bertz CT molecular complexity index is 994. The lowest BCUT2D eigenvalue weighted by molar-refractivity contribution is 0.321. The monoisotopic (exact) mass is 360 g/mol. The number of hydrogen-bond acceptors (Lipinski definition) is 5. The molecule has 0 amide bonds. The van der Waals surface area contributed by atoms with E-state index in [-0.39, 0.29) is 10.6 Å². The topological polar surface area (TPSA) is 91.9 Å². The summed E-state index contributed by atoms with van der Waals surface area (Å²) in [6, 6.07) is 14.4. The van der Waals surface area contributed by atoms with E-state index in [1.807, 2.05) is 0 Å². The largest absolute Gasteiger partial charge is 0.455 e. The molecule has 0 spiro atoms. The van der Waals surface area contributed by atoms with Crippen LogP contribution in [0.4, 0.5) is 10.1 Å². The predicted molar refractivity (Wildman–Crippen MR) is 90.7 cm³/mol. The van der Waals surface area contributed by atoms with Gasteiger partial charge in [-0.15, -0.1) is 0 Å².